The third-order valence-corrected chi connectivity index (χ3v) is 5.61. The zero-order chi connectivity index (χ0) is 20.1. The second-order valence-corrected chi connectivity index (χ2v) is 8.33. The SMILES string of the molecule is CC(C(=O)Nc1ccccc1-c1ccccc1)N(c1ccccc1)S(C)(=O)=O. The topological polar surface area (TPSA) is 66.5 Å². The van der Waals surface area contributed by atoms with Crippen molar-refractivity contribution in [2.75, 3.05) is 15.9 Å². The molecule has 5 nitrogen and oxygen atoms in total. The van der Waals surface area contributed by atoms with Gasteiger partial charge in [-0.2, -0.15) is 0 Å². The van der Waals surface area contributed by atoms with E-state index in [1.165, 1.54) is 0 Å². The summed E-state index contributed by atoms with van der Waals surface area (Å²) in [5.41, 5.74) is 2.92. The van der Waals surface area contributed by atoms with Gasteiger partial charge < -0.3 is 5.32 Å². The Balaban J connectivity index is 1.91. The van der Waals surface area contributed by atoms with Crippen molar-refractivity contribution in [3.05, 3.63) is 84.9 Å². The lowest BCUT2D eigenvalue weighted by molar-refractivity contribution is -0.116. The number of nitrogens with zero attached hydrogens (tertiary/aromatic N) is 1. The van der Waals surface area contributed by atoms with Gasteiger partial charge in [-0.1, -0.05) is 66.7 Å². The Morgan fingerprint density at radius 1 is 0.857 bits per heavy atom. The molecule has 0 aliphatic heterocycles. The minimum atomic E-state index is -3.64. The normalized spacial score (nSPS) is 12.2. The number of carbonyl (C=O) groups is 1. The molecule has 0 saturated carbocycles. The monoisotopic (exact) mass is 394 g/mol. The van der Waals surface area contributed by atoms with Crippen LogP contribution in [-0.2, 0) is 14.8 Å². The van der Waals surface area contributed by atoms with Crippen molar-refractivity contribution in [3.8, 4) is 11.1 Å². The Bertz CT molecular complexity index is 1050. The molecule has 1 unspecified atom stereocenters. The van der Waals surface area contributed by atoms with Crippen molar-refractivity contribution in [3.63, 3.8) is 0 Å². The van der Waals surface area contributed by atoms with E-state index in [1.807, 2.05) is 48.5 Å². The summed E-state index contributed by atoms with van der Waals surface area (Å²) in [4.78, 5) is 12.9. The van der Waals surface area contributed by atoms with Crippen LogP contribution in [0.1, 0.15) is 6.92 Å². The maximum absolute atomic E-state index is 12.9. The van der Waals surface area contributed by atoms with Crippen molar-refractivity contribution in [2.24, 2.45) is 0 Å². The first kappa shape index (κ1) is 19.6. The van der Waals surface area contributed by atoms with Gasteiger partial charge in [0, 0.05) is 11.3 Å². The zero-order valence-corrected chi connectivity index (χ0v) is 16.6. The molecule has 144 valence electrons. The first-order valence-electron chi connectivity index (χ1n) is 8.87. The summed E-state index contributed by atoms with van der Waals surface area (Å²) in [5, 5.41) is 2.89. The fourth-order valence-electron chi connectivity index (χ4n) is 3.08. The second-order valence-electron chi connectivity index (χ2n) is 6.47. The molecule has 3 aromatic carbocycles. The minimum Gasteiger partial charge on any atom is -0.324 e. The lowest BCUT2D eigenvalue weighted by Crippen LogP contribution is -2.45. The molecule has 0 radical (unpaired) electrons. The fourth-order valence-corrected chi connectivity index (χ4v) is 4.26. The van der Waals surface area contributed by atoms with E-state index in [-0.39, 0.29) is 0 Å². The number of carbonyl (C=O) groups excluding carboxylic acids is 1. The van der Waals surface area contributed by atoms with Crippen LogP contribution in [0.2, 0.25) is 0 Å². The maximum atomic E-state index is 12.9. The first-order valence-corrected chi connectivity index (χ1v) is 10.7. The molecule has 1 N–H and O–H groups in total. The number of para-hydroxylation sites is 2. The van der Waals surface area contributed by atoms with E-state index in [2.05, 4.69) is 5.32 Å². The molecule has 0 saturated heterocycles. The van der Waals surface area contributed by atoms with Crippen LogP contribution in [0.4, 0.5) is 11.4 Å². The predicted molar refractivity (Wildman–Crippen MR) is 114 cm³/mol. The molecule has 0 fully saturated rings. The van der Waals surface area contributed by atoms with Crippen LogP contribution in [-0.4, -0.2) is 26.6 Å². The summed E-state index contributed by atoms with van der Waals surface area (Å²) in [6.07, 6.45) is 1.10. The Hall–Kier alpha value is -3.12. The lowest BCUT2D eigenvalue weighted by atomic mass is 10.0. The molecule has 0 aromatic heterocycles. The summed E-state index contributed by atoms with van der Waals surface area (Å²) in [6, 6.07) is 24.9. The van der Waals surface area contributed by atoms with Crippen molar-refractivity contribution in [2.45, 2.75) is 13.0 Å². The van der Waals surface area contributed by atoms with Crippen LogP contribution in [0.25, 0.3) is 11.1 Å². The van der Waals surface area contributed by atoms with Gasteiger partial charge in [0.15, 0.2) is 0 Å². The van der Waals surface area contributed by atoms with Gasteiger partial charge in [-0.25, -0.2) is 8.42 Å². The molecule has 0 spiro atoms. The van der Waals surface area contributed by atoms with Crippen molar-refractivity contribution in [1.29, 1.82) is 0 Å². The van der Waals surface area contributed by atoms with E-state index in [1.54, 1.807) is 43.3 Å². The van der Waals surface area contributed by atoms with Gasteiger partial charge in [-0.05, 0) is 30.7 Å². The smallest absolute Gasteiger partial charge is 0.248 e. The molecule has 28 heavy (non-hydrogen) atoms. The minimum absolute atomic E-state index is 0.405. The highest BCUT2D eigenvalue weighted by Gasteiger charge is 2.29. The largest absolute Gasteiger partial charge is 0.324 e. The van der Waals surface area contributed by atoms with Crippen molar-refractivity contribution in [1.82, 2.24) is 0 Å². The predicted octanol–water partition coefficient (Wildman–Crippen LogP) is 4.15. The molecule has 6 heteroatoms. The summed E-state index contributed by atoms with van der Waals surface area (Å²) < 4.78 is 25.9. The number of hydrogen-bond acceptors (Lipinski definition) is 3. The van der Waals surface area contributed by atoms with Gasteiger partial charge in [0.25, 0.3) is 0 Å². The standard InChI is InChI=1S/C22H22N2O3S/c1-17(24(28(2,26)27)19-13-7-4-8-14-19)22(25)23-21-16-10-9-15-20(21)18-11-5-3-6-12-18/h3-17H,1-2H3,(H,23,25). The Morgan fingerprint density at radius 2 is 1.39 bits per heavy atom. The number of nitrogens with one attached hydrogen (secondary N) is 1. The number of sulfonamides is 1. The summed E-state index contributed by atoms with van der Waals surface area (Å²) in [5.74, 6) is -0.405. The molecular formula is C22H22N2O3S. The third-order valence-electron chi connectivity index (χ3n) is 4.37. The highest BCUT2D eigenvalue weighted by Crippen LogP contribution is 2.28. The van der Waals surface area contributed by atoms with Gasteiger partial charge in [0.2, 0.25) is 15.9 Å². The second kappa shape index (κ2) is 8.27. The molecular weight excluding hydrogens is 372 g/mol. The van der Waals surface area contributed by atoms with E-state index < -0.39 is 22.0 Å². The van der Waals surface area contributed by atoms with Crippen LogP contribution in [0.3, 0.4) is 0 Å². The fraction of sp³-hybridized carbons (Fsp3) is 0.136. The molecule has 1 atom stereocenters. The number of anilines is 2. The van der Waals surface area contributed by atoms with Gasteiger partial charge in [0.1, 0.15) is 6.04 Å². The summed E-state index contributed by atoms with van der Waals surface area (Å²) in [7, 11) is -3.64. The average molecular weight is 394 g/mol. The van der Waals surface area contributed by atoms with Gasteiger partial charge >= 0.3 is 0 Å². The van der Waals surface area contributed by atoms with E-state index >= 15 is 0 Å². The van der Waals surface area contributed by atoms with Crippen LogP contribution < -0.4 is 9.62 Å². The Kier molecular flexibility index (Phi) is 5.80. The third kappa shape index (κ3) is 4.40. The number of benzene rings is 3. The summed E-state index contributed by atoms with van der Waals surface area (Å²) >= 11 is 0. The Morgan fingerprint density at radius 3 is 2.00 bits per heavy atom. The molecule has 0 heterocycles. The van der Waals surface area contributed by atoms with E-state index in [0.717, 1.165) is 21.7 Å². The van der Waals surface area contributed by atoms with Gasteiger partial charge in [-0.3, -0.25) is 9.10 Å². The van der Waals surface area contributed by atoms with Crippen molar-refractivity contribution >= 4 is 27.3 Å². The van der Waals surface area contributed by atoms with Crippen LogP contribution in [0, 0.1) is 0 Å². The summed E-state index contributed by atoms with van der Waals surface area (Å²) in [6.45, 7) is 1.58. The molecule has 0 bridgehead atoms. The number of rotatable bonds is 6. The van der Waals surface area contributed by atoms with Gasteiger partial charge in [-0.15, -0.1) is 0 Å². The molecule has 1 amide bonds. The van der Waals surface area contributed by atoms with Crippen LogP contribution in [0.15, 0.2) is 84.9 Å². The number of hydrogen-bond donors (Lipinski definition) is 1. The molecule has 3 aromatic rings. The maximum Gasteiger partial charge on any atom is 0.248 e. The Labute approximate surface area is 165 Å². The van der Waals surface area contributed by atoms with Crippen LogP contribution >= 0.6 is 0 Å². The van der Waals surface area contributed by atoms with E-state index in [4.69, 9.17) is 0 Å². The highest BCUT2D eigenvalue weighted by atomic mass is 32.2. The van der Waals surface area contributed by atoms with Crippen molar-refractivity contribution < 1.29 is 13.2 Å². The molecule has 0 aliphatic carbocycles. The first-order chi connectivity index (χ1) is 13.4. The molecule has 3 rings (SSSR count). The zero-order valence-electron chi connectivity index (χ0n) is 15.7. The van der Waals surface area contributed by atoms with E-state index in [0.29, 0.717) is 11.4 Å². The van der Waals surface area contributed by atoms with Crippen LogP contribution in [0.5, 0.6) is 0 Å². The quantitative estimate of drug-likeness (QED) is 0.683. The van der Waals surface area contributed by atoms with E-state index in [9.17, 15) is 13.2 Å². The van der Waals surface area contributed by atoms with Gasteiger partial charge in [0.05, 0.1) is 11.9 Å². The number of amides is 1. The molecule has 0 aliphatic rings. The average Bonchev–Trinajstić information content (AvgIpc) is 2.69. The highest BCUT2D eigenvalue weighted by molar-refractivity contribution is 7.92. The lowest BCUT2D eigenvalue weighted by Gasteiger charge is -2.28.